The van der Waals surface area contributed by atoms with Crippen molar-refractivity contribution in [2.45, 2.75) is 6.92 Å². The van der Waals surface area contributed by atoms with Crippen LogP contribution < -0.4 is 10.9 Å². The molecule has 1 heterocycles. The van der Waals surface area contributed by atoms with Crippen LogP contribution >= 0.6 is 0 Å². The summed E-state index contributed by atoms with van der Waals surface area (Å²) in [4.78, 5) is 39.6. The minimum atomic E-state index is -1.03. The summed E-state index contributed by atoms with van der Waals surface area (Å²) in [5, 5.41) is 11.5. The van der Waals surface area contributed by atoms with Gasteiger partial charge in [-0.1, -0.05) is 0 Å². The third-order valence-corrected chi connectivity index (χ3v) is 2.63. The number of rotatable bonds is 3. The molecule has 0 saturated carbocycles. The molecule has 2 aromatic rings. The lowest BCUT2D eigenvalue weighted by molar-refractivity contribution is 0.0696. The molecule has 1 amide bonds. The van der Waals surface area contributed by atoms with Crippen LogP contribution in [0, 0.1) is 6.92 Å². The van der Waals surface area contributed by atoms with Crippen LogP contribution in [-0.2, 0) is 0 Å². The molecule has 7 nitrogen and oxygen atoms in total. The number of carboxylic acids is 1. The summed E-state index contributed by atoms with van der Waals surface area (Å²) < 4.78 is 0. The number of benzene rings is 1. The van der Waals surface area contributed by atoms with E-state index < -0.39 is 17.4 Å². The van der Waals surface area contributed by atoms with Crippen molar-refractivity contribution >= 4 is 17.6 Å². The zero-order valence-electron chi connectivity index (χ0n) is 10.5. The monoisotopic (exact) mass is 273 g/mol. The van der Waals surface area contributed by atoms with Gasteiger partial charge in [-0.15, -0.1) is 0 Å². The van der Waals surface area contributed by atoms with Crippen molar-refractivity contribution in [3.05, 3.63) is 57.8 Å². The van der Waals surface area contributed by atoms with E-state index in [1.165, 1.54) is 24.4 Å². The lowest BCUT2D eigenvalue weighted by Gasteiger charge is -2.08. The first-order valence-corrected chi connectivity index (χ1v) is 5.67. The Bertz CT molecular complexity index is 716. The number of anilines is 1. The smallest absolute Gasteiger partial charge is 0.335 e. The van der Waals surface area contributed by atoms with E-state index in [0.29, 0.717) is 11.3 Å². The summed E-state index contributed by atoms with van der Waals surface area (Å²) in [7, 11) is 0. The maximum Gasteiger partial charge on any atom is 0.335 e. The van der Waals surface area contributed by atoms with Crippen LogP contribution in [0.15, 0.2) is 35.4 Å². The number of aromatic nitrogens is 2. The van der Waals surface area contributed by atoms with E-state index in [1.54, 1.807) is 6.92 Å². The SMILES string of the molecule is Cc1cc(C(=O)O)ccc1NC(=O)c1c[nH]c(=O)cn1. The van der Waals surface area contributed by atoms with Gasteiger partial charge < -0.3 is 15.4 Å². The van der Waals surface area contributed by atoms with E-state index in [4.69, 9.17) is 5.11 Å². The highest BCUT2D eigenvalue weighted by Gasteiger charge is 2.11. The van der Waals surface area contributed by atoms with Gasteiger partial charge in [0.05, 0.1) is 11.8 Å². The number of nitrogens with one attached hydrogen (secondary N) is 2. The lowest BCUT2D eigenvalue weighted by Crippen LogP contribution is -2.17. The molecule has 0 radical (unpaired) electrons. The Kier molecular flexibility index (Phi) is 3.60. The van der Waals surface area contributed by atoms with E-state index in [-0.39, 0.29) is 11.3 Å². The van der Waals surface area contributed by atoms with Crippen LogP contribution in [0.3, 0.4) is 0 Å². The van der Waals surface area contributed by atoms with Crippen molar-refractivity contribution < 1.29 is 14.7 Å². The fourth-order valence-electron chi connectivity index (χ4n) is 1.59. The van der Waals surface area contributed by atoms with Gasteiger partial charge in [-0.25, -0.2) is 9.78 Å². The van der Waals surface area contributed by atoms with Crippen LogP contribution in [-0.4, -0.2) is 27.0 Å². The number of aromatic carboxylic acids is 1. The molecule has 0 atom stereocenters. The van der Waals surface area contributed by atoms with Gasteiger partial charge in [0.15, 0.2) is 0 Å². The largest absolute Gasteiger partial charge is 0.478 e. The normalized spacial score (nSPS) is 10.1. The number of hydrogen-bond donors (Lipinski definition) is 3. The molecule has 0 saturated heterocycles. The van der Waals surface area contributed by atoms with Gasteiger partial charge in [0.2, 0.25) is 0 Å². The Hall–Kier alpha value is -2.96. The predicted octanol–water partition coefficient (Wildman–Crippen LogP) is 1.03. The first kappa shape index (κ1) is 13.5. The van der Waals surface area contributed by atoms with Gasteiger partial charge >= 0.3 is 5.97 Å². The predicted molar refractivity (Wildman–Crippen MR) is 70.9 cm³/mol. The summed E-state index contributed by atoms with van der Waals surface area (Å²) in [6.07, 6.45) is 2.22. The summed E-state index contributed by atoms with van der Waals surface area (Å²) in [6, 6.07) is 4.35. The molecule has 0 unspecified atom stereocenters. The zero-order valence-corrected chi connectivity index (χ0v) is 10.5. The first-order chi connectivity index (χ1) is 9.47. The molecule has 0 aliphatic rings. The maximum atomic E-state index is 11.9. The molecule has 3 N–H and O–H groups in total. The minimum Gasteiger partial charge on any atom is -0.478 e. The molecule has 0 aliphatic carbocycles. The number of hydrogen-bond acceptors (Lipinski definition) is 4. The Morgan fingerprint density at radius 1 is 1.35 bits per heavy atom. The Balaban J connectivity index is 2.21. The molecule has 0 bridgehead atoms. The van der Waals surface area contributed by atoms with E-state index >= 15 is 0 Å². The molecule has 102 valence electrons. The number of aromatic amines is 1. The molecule has 0 aliphatic heterocycles. The molecule has 0 fully saturated rings. The highest BCUT2D eigenvalue weighted by Crippen LogP contribution is 2.17. The second-order valence-corrected chi connectivity index (χ2v) is 4.09. The highest BCUT2D eigenvalue weighted by molar-refractivity contribution is 6.03. The van der Waals surface area contributed by atoms with Crippen molar-refractivity contribution in [2.75, 3.05) is 5.32 Å². The Morgan fingerprint density at radius 2 is 2.10 bits per heavy atom. The summed E-state index contributed by atoms with van der Waals surface area (Å²) in [5.41, 5.74) is 0.896. The molecule has 1 aromatic carbocycles. The average molecular weight is 273 g/mol. The van der Waals surface area contributed by atoms with Gasteiger partial charge in [-0.05, 0) is 30.7 Å². The van der Waals surface area contributed by atoms with Gasteiger partial charge in [0.1, 0.15) is 5.69 Å². The van der Waals surface area contributed by atoms with Crippen molar-refractivity contribution in [2.24, 2.45) is 0 Å². The number of nitrogens with zero attached hydrogens (tertiary/aromatic N) is 1. The number of carbonyl (C=O) groups excluding carboxylic acids is 1. The molecule has 1 aromatic heterocycles. The number of amides is 1. The van der Waals surface area contributed by atoms with Gasteiger partial charge in [-0.2, -0.15) is 0 Å². The standard InChI is InChI=1S/C13H11N3O4/c1-7-4-8(13(19)20)2-3-9(7)16-12(18)10-5-15-11(17)6-14-10/h2-6H,1H3,(H,15,17)(H,16,18)(H,19,20). The fourth-order valence-corrected chi connectivity index (χ4v) is 1.59. The molecule has 0 spiro atoms. The molecular formula is C13H11N3O4. The fraction of sp³-hybridized carbons (Fsp3) is 0.0769. The van der Waals surface area contributed by atoms with Crippen LogP contribution in [0.4, 0.5) is 5.69 Å². The van der Waals surface area contributed by atoms with Crippen molar-refractivity contribution in [1.29, 1.82) is 0 Å². The van der Waals surface area contributed by atoms with Crippen molar-refractivity contribution in [3.8, 4) is 0 Å². The second kappa shape index (κ2) is 5.35. The topological polar surface area (TPSA) is 112 Å². The van der Waals surface area contributed by atoms with Crippen LogP contribution in [0.1, 0.15) is 26.4 Å². The van der Waals surface area contributed by atoms with E-state index in [0.717, 1.165) is 6.20 Å². The van der Waals surface area contributed by atoms with Crippen LogP contribution in [0.2, 0.25) is 0 Å². The third-order valence-electron chi connectivity index (χ3n) is 2.63. The quantitative estimate of drug-likeness (QED) is 0.773. The average Bonchev–Trinajstić information content (AvgIpc) is 2.41. The number of H-pyrrole nitrogens is 1. The van der Waals surface area contributed by atoms with E-state index in [1.807, 2.05) is 0 Å². The molecular weight excluding hydrogens is 262 g/mol. The van der Waals surface area contributed by atoms with Gasteiger partial charge in [0.25, 0.3) is 11.5 Å². The third kappa shape index (κ3) is 2.89. The first-order valence-electron chi connectivity index (χ1n) is 5.67. The Labute approximate surface area is 113 Å². The minimum absolute atomic E-state index is 0.0614. The van der Waals surface area contributed by atoms with E-state index in [9.17, 15) is 14.4 Å². The van der Waals surface area contributed by atoms with Crippen molar-refractivity contribution in [1.82, 2.24) is 9.97 Å². The molecule has 2 rings (SSSR count). The lowest BCUT2D eigenvalue weighted by atomic mass is 10.1. The molecule has 20 heavy (non-hydrogen) atoms. The summed E-state index contributed by atoms with van der Waals surface area (Å²) in [5.74, 6) is -1.53. The molecule has 7 heteroatoms. The zero-order chi connectivity index (χ0) is 14.7. The number of aryl methyl sites for hydroxylation is 1. The van der Waals surface area contributed by atoms with Crippen LogP contribution in [0.25, 0.3) is 0 Å². The summed E-state index contributed by atoms with van der Waals surface area (Å²) in [6.45, 7) is 1.68. The summed E-state index contributed by atoms with van der Waals surface area (Å²) >= 11 is 0. The highest BCUT2D eigenvalue weighted by atomic mass is 16.4. The maximum absolute atomic E-state index is 11.9. The van der Waals surface area contributed by atoms with Gasteiger partial charge in [0, 0.05) is 11.9 Å². The number of carbonyl (C=O) groups is 2. The number of carboxylic acid groups (broad SMARTS) is 1. The van der Waals surface area contributed by atoms with E-state index in [2.05, 4.69) is 15.3 Å². The van der Waals surface area contributed by atoms with Gasteiger partial charge in [-0.3, -0.25) is 9.59 Å². The Morgan fingerprint density at radius 3 is 2.65 bits per heavy atom. The van der Waals surface area contributed by atoms with Crippen LogP contribution in [0.5, 0.6) is 0 Å². The van der Waals surface area contributed by atoms with Crippen molar-refractivity contribution in [3.63, 3.8) is 0 Å². The second-order valence-electron chi connectivity index (χ2n) is 4.09.